The molecule has 0 aliphatic carbocycles. The quantitative estimate of drug-likeness (QED) is 0.730. The van der Waals surface area contributed by atoms with Crippen LogP contribution in [0.25, 0.3) is 0 Å². The maximum Gasteiger partial charge on any atom is 0.455 e. The summed E-state index contributed by atoms with van der Waals surface area (Å²) in [6.07, 6.45) is -4.95. The molecule has 4 fully saturated rings. The predicted octanol–water partition coefficient (Wildman–Crippen LogP) is 2.79. The zero-order valence-electron chi connectivity index (χ0n) is 16.7. The van der Waals surface area contributed by atoms with Crippen molar-refractivity contribution in [2.45, 2.75) is 17.6 Å². The molecular formula is C22H22F3N3O2S. The summed E-state index contributed by atoms with van der Waals surface area (Å²) < 4.78 is 38.2. The number of halogens is 3. The molecule has 3 unspecified atom stereocenters. The van der Waals surface area contributed by atoms with E-state index in [0.717, 1.165) is 45.3 Å². The molecule has 0 saturated carbocycles. The van der Waals surface area contributed by atoms with Gasteiger partial charge >= 0.3 is 6.18 Å². The van der Waals surface area contributed by atoms with Crippen molar-refractivity contribution >= 4 is 23.0 Å². The molecule has 9 heteroatoms. The number of ketones is 1. The number of Topliss-reactive ketones (excluding diaryl/α,β-unsaturated/α-hetero) is 1. The normalized spacial score (nSPS) is 32.0. The third-order valence-electron chi connectivity index (χ3n) is 6.74. The summed E-state index contributed by atoms with van der Waals surface area (Å²) in [4.78, 5) is 29.1. The minimum Gasteiger partial charge on any atom is -0.347 e. The number of nitrogens with zero attached hydrogens (tertiary/aromatic N) is 2. The van der Waals surface area contributed by atoms with Crippen LogP contribution in [0.2, 0.25) is 0 Å². The number of piperidine rings is 2. The molecule has 4 bridgehead atoms. The molecule has 1 amide bonds. The van der Waals surface area contributed by atoms with Crippen molar-refractivity contribution in [2.75, 3.05) is 39.3 Å². The first-order chi connectivity index (χ1) is 14.8. The molecular weight excluding hydrogens is 427 g/mol. The number of carbonyl (C=O) groups is 2. The SMILES string of the molecule is O=C(NC1C2CN3CCN(C2)CC1(c1ccccc1)C3)c1ccc(C(=O)C(F)(F)F)s1. The van der Waals surface area contributed by atoms with E-state index in [-0.39, 0.29) is 22.3 Å². The summed E-state index contributed by atoms with van der Waals surface area (Å²) in [5.41, 5.74) is 0.886. The Hall–Kier alpha value is -2.23. The molecule has 1 N–H and O–H groups in total. The summed E-state index contributed by atoms with van der Waals surface area (Å²) in [6.45, 7) is 5.43. The molecule has 5 heterocycles. The highest BCUT2D eigenvalue weighted by molar-refractivity contribution is 7.16. The molecule has 0 spiro atoms. The van der Waals surface area contributed by atoms with Crippen molar-refractivity contribution in [3.8, 4) is 0 Å². The monoisotopic (exact) mass is 449 g/mol. The van der Waals surface area contributed by atoms with Crippen LogP contribution in [0.15, 0.2) is 42.5 Å². The second-order valence-electron chi connectivity index (χ2n) is 8.69. The molecule has 6 rings (SSSR count). The van der Waals surface area contributed by atoms with Gasteiger partial charge in [-0.2, -0.15) is 13.2 Å². The van der Waals surface area contributed by atoms with Crippen LogP contribution in [-0.2, 0) is 5.41 Å². The standard InChI is InChI=1S/C22H22F3N3O2S/c23-22(24,25)19(29)16-6-7-17(31-16)20(30)26-18-14-10-27-8-9-28(11-14)13-21(18,12-27)15-4-2-1-3-5-15/h1-7,14,18H,8-13H2,(H,26,30). The number of thiophene rings is 1. The number of benzene rings is 1. The number of rotatable bonds is 4. The van der Waals surface area contributed by atoms with E-state index in [2.05, 4.69) is 27.2 Å². The average molecular weight is 449 g/mol. The van der Waals surface area contributed by atoms with E-state index in [4.69, 9.17) is 0 Å². The fraction of sp³-hybridized carbons (Fsp3) is 0.455. The average Bonchev–Trinajstić information content (AvgIpc) is 3.09. The highest BCUT2D eigenvalue weighted by atomic mass is 32.1. The first-order valence-corrected chi connectivity index (χ1v) is 11.1. The minimum absolute atomic E-state index is 0.128. The molecule has 1 aromatic heterocycles. The number of nitrogens with one attached hydrogen (secondary N) is 1. The van der Waals surface area contributed by atoms with Crippen LogP contribution in [-0.4, -0.2) is 73.0 Å². The topological polar surface area (TPSA) is 52.7 Å². The first-order valence-electron chi connectivity index (χ1n) is 10.3. The summed E-state index contributed by atoms with van der Waals surface area (Å²) in [5, 5.41) is 3.16. The van der Waals surface area contributed by atoms with Crippen LogP contribution in [0, 0.1) is 5.92 Å². The number of hydrogen-bond donors (Lipinski definition) is 1. The summed E-state index contributed by atoms with van der Waals surface area (Å²) in [6, 6.07) is 12.4. The van der Waals surface area contributed by atoms with Gasteiger partial charge < -0.3 is 15.1 Å². The second-order valence-corrected chi connectivity index (χ2v) is 9.78. The van der Waals surface area contributed by atoms with Crippen molar-refractivity contribution in [2.24, 2.45) is 5.92 Å². The van der Waals surface area contributed by atoms with E-state index >= 15 is 0 Å². The summed E-state index contributed by atoms with van der Waals surface area (Å²) in [5.74, 6) is -2.10. The molecule has 31 heavy (non-hydrogen) atoms. The molecule has 2 aromatic rings. The lowest BCUT2D eigenvalue weighted by molar-refractivity contribution is -0.0882. The van der Waals surface area contributed by atoms with Gasteiger partial charge in [-0.15, -0.1) is 11.3 Å². The van der Waals surface area contributed by atoms with Crippen LogP contribution >= 0.6 is 11.3 Å². The van der Waals surface area contributed by atoms with Gasteiger partial charge in [-0.25, -0.2) is 0 Å². The Morgan fingerprint density at radius 3 is 2.19 bits per heavy atom. The third-order valence-corrected chi connectivity index (χ3v) is 7.83. The Morgan fingerprint density at radius 2 is 1.58 bits per heavy atom. The lowest BCUT2D eigenvalue weighted by atomic mass is 9.64. The van der Waals surface area contributed by atoms with Crippen LogP contribution in [0.5, 0.6) is 0 Å². The highest BCUT2D eigenvalue weighted by Crippen LogP contribution is 2.43. The van der Waals surface area contributed by atoms with E-state index < -0.39 is 22.7 Å². The molecule has 1 aromatic carbocycles. The summed E-state index contributed by atoms with van der Waals surface area (Å²) in [7, 11) is 0. The largest absolute Gasteiger partial charge is 0.455 e. The minimum atomic E-state index is -4.95. The molecule has 0 radical (unpaired) electrons. The lowest BCUT2D eigenvalue weighted by Gasteiger charge is -2.55. The second kappa shape index (κ2) is 7.43. The van der Waals surface area contributed by atoms with Crippen LogP contribution in [0.1, 0.15) is 24.9 Å². The number of fused-ring (bicyclic) bond motifs is 1. The van der Waals surface area contributed by atoms with Crippen LogP contribution in [0.3, 0.4) is 0 Å². The number of carbonyl (C=O) groups excluding carboxylic acids is 2. The van der Waals surface area contributed by atoms with Crippen molar-refractivity contribution in [1.82, 2.24) is 15.1 Å². The fourth-order valence-corrected chi connectivity index (χ4v) is 6.37. The first kappa shape index (κ1) is 20.7. The van der Waals surface area contributed by atoms with Crippen molar-refractivity contribution in [3.05, 3.63) is 57.8 Å². The van der Waals surface area contributed by atoms with E-state index in [0.29, 0.717) is 11.3 Å². The van der Waals surface area contributed by atoms with Gasteiger partial charge in [0.15, 0.2) is 0 Å². The molecule has 164 valence electrons. The third kappa shape index (κ3) is 3.58. The lowest BCUT2D eigenvalue weighted by Crippen LogP contribution is -2.70. The maximum atomic E-state index is 13.1. The van der Waals surface area contributed by atoms with Crippen molar-refractivity contribution in [1.29, 1.82) is 0 Å². The van der Waals surface area contributed by atoms with Gasteiger partial charge in [0, 0.05) is 56.6 Å². The van der Waals surface area contributed by atoms with E-state index in [9.17, 15) is 22.8 Å². The van der Waals surface area contributed by atoms with Crippen molar-refractivity contribution < 1.29 is 22.8 Å². The maximum absolute atomic E-state index is 13.1. The van der Waals surface area contributed by atoms with E-state index in [1.807, 2.05) is 18.2 Å². The van der Waals surface area contributed by atoms with Gasteiger partial charge in [-0.05, 0) is 17.7 Å². The Kier molecular flexibility index (Phi) is 4.95. The molecule has 5 nitrogen and oxygen atoms in total. The van der Waals surface area contributed by atoms with Crippen molar-refractivity contribution in [3.63, 3.8) is 0 Å². The number of alkyl halides is 3. The zero-order chi connectivity index (χ0) is 21.8. The Morgan fingerprint density at radius 1 is 0.968 bits per heavy atom. The summed E-state index contributed by atoms with van der Waals surface area (Å²) >= 11 is 0.598. The molecule has 4 aliphatic heterocycles. The van der Waals surface area contributed by atoms with E-state index in [1.165, 1.54) is 11.6 Å². The van der Waals surface area contributed by atoms with Crippen LogP contribution < -0.4 is 5.32 Å². The smallest absolute Gasteiger partial charge is 0.347 e. The van der Waals surface area contributed by atoms with Gasteiger partial charge in [0.25, 0.3) is 11.7 Å². The van der Waals surface area contributed by atoms with Gasteiger partial charge in [-0.3, -0.25) is 9.59 Å². The van der Waals surface area contributed by atoms with Gasteiger partial charge in [0.05, 0.1) is 9.75 Å². The number of hydrogen-bond acceptors (Lipinski definition) is 5. The Labute approximate surface area is 181 Å². The van der Waals surface area contributed by atoms with Gasteiger partial charge in [-0.1, -0.05) is 30.3 Å². The van der Waals surface area contributed by atoms with Crippen LogP contribution in [0.4, 0.5) is 13.2 Å². The van der Waals surface area contributed by atoms with E-state index in [1.54, 1.807) is 0 Å². The molecule has 4 aliphatic rings. The zero-order valence-corrected chi connectivity index (χ0v) is 17.5. The fourth-order valence-electron chi connectivity index (χ4n) is 5.50. The highest BCUT2D eigenvalue weighted by Gasteiger charge is 2.55. The Balaban J connectivity index is 1.45. The predicted molar refractivity (Wildman–Crippen MR) is 110 cm³/mol. The molecule has 4 saturated heterocycles. The van der Waals surface area contributed by atoms with Gasteiger partial charge in [0.1, 0.15) is 0 Å². The molecule has 3 atom stereocenters. The van der Waals surface area contributed by atoms with Gasteiger partial charge in [0.2, 0.25) is 0 Å². The number of amides is 1. The Bertz CT molecular complexity index is 991.